The topological polar surface area (TPSA) is 102 Å². The number of methoxy groups -OCH3 is 1. The number of aromatic nitrogens is 5. The van der Waals surface area contributed by atoms with Gasteiger partial charge in [-0.2, -0.15) is 10.1 Å². The molecule has 2 aromatic heterocycles. The minimum absolute atomic E-state index is 0.301. The van der Waals surface area contributed by atoms with Crippen molar-refractivity contribution >= 4 is 23.2 Å². The molecule has 1 saturated heterocycles. The molecular weight excluding hydrogens is 506 g/mol. The van der Waals surface area contributed by atoms with E-state index < -0.39 is 12.1 Å². The molecule has 11 heteroatoms. The smallest absolute Gasteiger partial charge is 0.350 e. The molecule has 0 bridgehead atoms. The van der Waals surface area contributed by atoms with Crippen LogP contribution in [0, 0.1) is 0 Å². The lowest BCUT2D eigenvalue weighted by Crippen LogP contribution is -2.47. The highest BCUT2D eigenvalue weighted by Gasteiger charge is 2.25. The second-order valence-electron chi connectivity index (χ2n) is 9.09. The Morgan fingerprint density at radius 1 is 0.974 bits per heavy atom. The summed E-state index contributed by atoms with van der Waals surface area (Å²) >= 11 is 5.98. The summed E-state index contributed by atoms with van der Waals surface area (Å²) in [5, 5.41) is 15.9. The van der Waals surface area contributed by atoms with Gasteiger partial charge in [-0.05, 0) is 48.4 Å². The third-order valence-electron chi connectivity index (χ3n) is 6.88. The zero-order valence-electron chi connectivity index (χ0n) is 21.3. The molecule has 0 spiro atoms. The first-order valence-corrected chi connectivity index (χ1v) is 12.9. The van der Waals surface area contributed by atoms with Gasteiger partial charge in [0.25, 0.3) is 0 Å². The summed E-state index contributed by atoms with van der Waals surface area (Å²) in [7, 11) is 1.60. The summed E-state index contributed by atoms with van der Waals surface area (Å²) in [5.41, 5.74) is 2.17. The zero-order chi connectivity index (χ0) is 26.6. The van der Waals surface area contributed by atoms with Crippen LogP contribution in [-0.4, -0.2) is 62.7 Å². The Labute approximate surface area is 225 Å². The average molecular weight is 536 g/mol. The van der Waals surface area contributed by atoms with E-state index in [0.29, 0.717) is 34.5 Å². The molecule has 1 N–H and O–H groups in total. The van der Waals surface area contributed by atoms with Crippen LogP contribution in [0.25, 0.3) is 5.69 Å². The first-order valence-electron chi connectivity index (χ1n) is 12.6. The number of hydrogen-bond donors (Lipinski definition) is 1. The highest BCUT2D eigenvalue weighted by Crippen LogP contribution is 2.28. The van der Waals surface area contributed by atoms with Gasteiger partial charge < -0.3 is 19.6 Å². The number of piperazine rings is 1. The molecule has 4 aromatic rings. The van der Waals surface area contributed by atoms with Crippen molar-refractivity contribution in [1.82, 2.24) is 24.3 Å². The molecule has 1 aliphatic heterocycles. The fraction of sp³-hybridized carbons (Fsp3) is 0.333. The molecule has 0 radical (unpaired) electrons. The normalized spacial score (nSPS) is 15.4. The van der Waals surface area contributed by atoms with Crippen LogP contribution in [0.1, 0.15) is 31.1 Å². The predicted octanol–water partition coefficient (Wildman–Crippen LogP) is 3.50. The number of halogens is 1. The van der Waals surface area contributed by atoms with Crippen molar-refractivity contribution in [3.63, 3.8) is 0 Å². The van der Waals surface area contributed by atoms with Gasteiger partial charge in [-0.15, -0.1) is 0 Å². The quantitative estimate of drug-likeness (QED) is 0.366. The molecule has 10 nitrogen and oxygen atoms in total. The van der Waals surface area contributed by atoms with Gasteiger partial charge in [0.2, 0.25) is 11.8 Å². The van der Waals surface area contributed by atoms with Crippen molar-refractivity contribution in [1.29, 1.82) is 0 Å². The lowest BCUT2D eigenvalue weighted by molar-refractivity contribution is 0.101. The van der Waals surface area contributed by atoms with Gasteiger partial charge in [0.15, 0.2) is 0 Å². The van der Waals surface area contributed by atoms with Crippen molar-refractivity contribution in [3.8, 4) is 11.6 Å². The van der Waals surface area contributed by atoms with Crippen molar-refractivity contribution < 1.29 is 9.84 Å². The van der Waals surface area contributed by atoms with Gasteiger partial charge in [-0.25, -0.2) is 19.0 Å². The number of rotatable bonds is 8. The Kier molecular flexibility index (Phi) is 7.62. The lowest BCUT2D eigenvalue weighted by Gasteiger charge is -2.36. The molecule has 3 heterocycles. The Balaban J connectivity index is 1.27. The van der Waals surface area contributed by atoms with E-state index in [2.05, 4.69) is 24.9 Å². The van der Waals surface area contributed by atoms with Gasteiger partial charge in [0.1, 0.15) is 12.4 Å². The summed E-state index contributed by atoms with van der Waals surface area (Å²) < 4.78 is 8.07. The Bertz CT molecular complexity index is 1410. The van der Waals surface area contributed by atoms with E-state index in [1.165, 1.54) is 15.6 Å². The zero-order valence-corrected chi connectivity index (χ0v) is 22.1. The van der Waals surface area contributed by atoms with Gasteiger partial charge in [-0.3, -0.25) is 0 Å². The van der Waals surface area contributed by atoms with Crippen LogP contribution >= 0.6 is 11.6 Å². The maximum Gasteiger partial charge on any atom is 0.350 e. The van der Waals surface area contributed by atoms with Crippen LogP contribution in [0.2, 0.25) is 5.02 Å². The molecule has 198 valence electrons. The van der Waals surface area contributed by atoms with Crippen molar-refractivity contribution in [2.45, 2.75) is 25.5 Å². The number of aliphatic hydroxyl groups excluding tert-OH is 1. The van der Waals surface area contributed by atoms with Gasteiger partial charge in [0.05, 0.1) is 18.8 Å². The Morgan fingerprint density at radius 3 is 2.29 bits per heavy atom. The van der Waals surface area contributed by atoms with Crippen LogP contribution in [0.5, 0.6) is 5.88 Å². The molecule has 38 heavy (non-hydrogen) atoms. The van der Waals surface area contributed by atoms with Crippen LogP contribution < -0.4 is 20.2 Å². The second kappa shape index (κ2) is 11.2. The Morgan fingerprint density at radius 2 is 1.63 bits per heavy atom. The van der Waals surface area contributed by atoms with E-state index in [1.807, 2.05) is 31.2 Å². The van der Waals surface area contributed by atoms with Gasteiger partial charge in [0, 0.05) is 49.2 Å². The van der Waals surface area contributed by atoms with E-state index in [4.69, 9.17) is 16.3 Å². The van der Waals surface area contributed by atoms with E-state index in [0.717, 1.165) is 31.9 Å². The molecular formula is C27H30ClN7O3. The maximum atomic E-state index is 13.3. The number of hydrogen-bond acceptors (Lipinski definition) is 8. The summed E-state index contributed by atoms with van der Waals surface area (Å²) in [4.78, 5) is 26.5. The van der Waals surface area contributed by atoms with E-state index in [9.17, 15) is 9.90 Å². The third kappa shape index (κ3) is 5.23. The largest absolute Gasteiger partial charge is 0.481 e. The Hall–Kier alpha value is -3.89. The minimum Gasteiger partial charge on any atom is -0.481 e. The molecule has 0 unspecified atom stereocenters. The minimum atomic E-state index is -0.887. The first kappa shape index (κ1) is 25.7. The summed E-state index contributed by atoms with van der Waals surface area (Å²) in [5.74, 6) is 1.22. The number of nitrogens with zero attached hydrogens (tertiary/aromatic N) is 7. The molecule has 0 saturated carbocycles. The third-order valence-corrected chi connectivity index (χ3v) is 7.14. The monoisotopic (exact) mass is 535 g/mol. The maximum absolute atomic E-state index is 13.3. The average Bonchev–Trinajstić information content (AvgIpc) is 3.34. The fourth-order valence-electron chi connectivity index (χ4n) is 4.72. The predicted molar refractivity (Wildman–Crippen MR) is 147 cm³/mol. The fourth-order valence-corrected chi connectivity index (χ4v) is 4.85. The number of benzene rings is 2. The van der Waals surface area contributed by atoms with E-state index >= 15 is 0 Å². The van der Waals surface area contributed by atoms with Crippen molar-refractivity contribution in [2.24, 2.45) is 0 Å². The van der Waals surface area contributed by atoms with E-state index in [-0.39, 0.29) is 5.69 Å². The molecule has 1 fully saturated rings. The van der Waals surface area contributed by atoms with Crippen LogP contribution in [-0.2, 0) is 0 Å². The standard InChI is InChI=1S/C27H30ClN7O3/c1-3-23(25(36)19-4-6-20(28)7-5-19)35-27(37)34(18-30-35)22-10-8-21(9-11-22)32-14-16-33(17-15-32)26-29-13-12-24(31-26)38-2/h4-13,18,23,25,36H,3,14-17H2,1-2H3/t23-,25-/m1/s1. The van der Waals surface area contributed by atoms with Crippen LogP contribution in [0.4, 0.5) is 11.6 Å². The molecule has 1 aliphatic rings. The molecule has 5 rings (SSSR count). The van der Waals surface area contributed by atoms with Crippen LogP contribution in [0.3, 0.4) is 0 Å². The first-order chi connectivity index (χ1) is 18.5. The van der Waals surface area contributed by atoms with Crippen molar-refractivity contribution in [2.75, 3.05) is 43.1 Å². The highest BCUT2D eigenvalue weighted by molar-refractivity contribution is 6.30. The van der Waals surface area contributed by atoms with Crippen molar-refractivity contribution in [3.05, 3.63) is 88.2 Å². The number of aliphatic hydroxyl groups is 1. The molecule has 2 atom stereocenters. The summed E-state index contributed by atoms with van der Waals surface area (Å²) in [6.45, 7) is 5.13. The highest BCUT2D eigenvalue weighted by atomic mass is 35.5. The molecule has 0 aliphatic carbocycles. The molecule has 0 amide bonds. The number of anilines is 2. The summed E-state index contributed by atoms with van der Waals surface area (Å²) in [6, 6.07) is 16.1. The van der Waals surface area contributed by atoms with Crippen LogP contribution in [0.15, 0.2) is 71.9 Å². The second-order valence-corrected chi connectivity index (χ2v) is 9.53. The molecule has 2 aromatic carbocycles. The summed E-state index contributed by atoms with van der Waals surface area (Å²) in [6.07, 6.45) is 2.85. The van der Waals surface area contributed by atoms with Gasteiger partial charge >= 0.3 is 5.69 Å². The van der Waals surface area contributed by atoms with E-state index in [1.54, 1.807) is 43.6 Å². The number of ether oxygens (including phenoxy) is 1. The lowest BCUT2D eigenvalue weighted by atomic mass is 10.0. The van der Waals surface area contributed by atoms with Gasteiger partial charge in [-0.1, -0.05) is 30.7 Å². The SMILES string of the molecule is CC[C@H]([C@H](O)c1ccc(Cl)cc1)n1ncn(-c2ccc(N3CCN(c4nccc(OC)n4)CC3)cc2)c1=O.